The Morgan fingerprint density at radius 3 is 2.63 bits per heavy atom. The van der Waals surface area contributed by atoms with E-state index in [9.17, 15) is 14.7 Å². The van der Waals surface area contributed by atoms with Gasteiger partial charge in [-0.25, -0.2) is 9.78 Å². The summed E-state index contributed by atoms with van der Waals surface area (Å²) in [4.78, 5) is 29.8. The molecule has 0 unspecified atom stereocenters. The van der Waals surface area contributed by atoms with Crippen LogP contribution in [0.25, 0.3) is 16.6 Å². The van der Waals surface area contributed by atoms with Crippen LogP contribution < -0.4 is 5.56 Å². The van der Waals surface area contributed by atoms with Crippen molar-refractivity contribution in [1.29, 1.82) is 0 Å². The quantitative estimate of drug-likeness (QED) is 0.308. The lowest BCUT2D eigenvalue weighted by molar-refractivity contribution is 0.0696. The molecule has 0 fully saturated rings. The van der Waals surface area contributed by atoms with Crippen molar-refractivity contribution in [3.05, 3.63) is 91.2 Å². The number of halogens is 1. The second kappa shape index (κ2) is 9.62. The van der Waals surface area contributed by atoms with E-state index in [1.54, 1.807) is 24.4 Å². The summed E-state index contributed by atoms with van der Waals surface area (Å²) in [6.45, 7) is 9.81. The Balaban J connectivity index is 1.86. The Hall–Kier alpha value is -3.52. The largest absolute Gasteiger partial charge is 0.478 e. The SMILES string of the molecule is CC[C@H](C)c1nc2ccc(Br)cc2c(=O)n1N=Cc1cc(C)n(-c2cccc(C(=O)O)c2C)c1C. The molecule has 7 nitrogen and oxygen atoms in total. The van der Waals surface area contributed by atoms with Gasteiger partial charge in [0.15, 0.2) is 0 Å². The number of carboxylic acid groups (broad SMARTS) is 1. The number of hydrogen-bond acceptors (Lipinski definition) is 4. The van der Waals surface area contributed by atoms with E-state index in [0.29, 0.717) is 22.3 Å². The zero-order valence-corrected chi connectivity index (χ0v) is 21.9. The minimum atomic E-state index is -0.957. The molecule has 0 saturated carbocycles. The van der Waals surface area contributed by atoms with Crippen molar-refractivity contribution >= 4 is 39.0 Å². The lowest BCUT2D eigenvalue weighted by Crippen LogP contribution is -2.23. The van der Waals surface area contributed by atoms with Gasteiger partial charge < -0.3 is 9.67 Å². The third-order valence-corrected chi connectivity index (χ3v) is 6.94. The van der Waals surface area contributed by atoms with E-state index < -0.39 is 5.97 Å². The van der Waals surface area contributed by atoms with Gasteiger partial charge in [0.25, 0.3) is 5.56 Å². The Morgan fingerprint density at radius 1 is 1.20 bits per heavy atom. The summed E-state index contributed by atoms with van der Waals surface area (Å²) in [6.07, 6.45) is 2.49. The third kappa shape index (κ3) is 4.46. The summed E-state index contributed by atoms with van der Waals surface area (Å²) in [7, 11) is 0. The maximum absolute atomic E-state index is 13.4. The van der Waals surface area contributed by atoms with E-state index in [-0.39, 0.29) is 17.0 Å². The highest BCUT2D eigenvalue weighted by Crippen LogP contribution is 2.25. The molecular weight excluding hydrogens is 508 g/mol. The topological polar surface area (TPSA) is 89.5 Å². The summed E-state index contributed by atoms with van der Waals surface area (Å²) >= 11 is 3.44. The summed E-state index contributed by atoms with van der Waals surface area (Å²) < 4.78 is 4.21. The monoisotopic (exact) mass is 534 g/mol. The van der Waals surface area contributed by atoms with Crippen molar-refractivity contribution < 1.29 is 9.90 Å². The zero-order valence-electron chi connectivity index (χ0n) is 20.3. The summed E-state index contributed by atoms with van der Waals surface area (Å²) in [5.41, 5.74) is 4.84. The van der Waals surface area contributed by atoms with Crippen LogP contribution in [0.15, 0.2) is 56.8 Å². The number of aromatic nitrogens is 3. The molecule has 0 aliphatic carbocycles. The van der Waals surface area contributed by atoms with Gasteiger partial charge in [0, 0.05) is 33.0 Å². The molecule has 4 rings (SSSR count). The van der Waals surface area contributed by atoms with Crippen LogP contribution in [0.1, 0.15) is 64.9 Å². The van der Waals surface area contributed by atoms with E-state index in [1.165, 1.54) is 4.68 Å². The first kappa shape index (κ1) is 24.6. The average Bonchev–Trinajstić information content (AvgIpc) is 3.11. The van der Waals surface area contributed by atoms with Crippen molar-refractivity contribution in [1.82, 2.24) is 14.2 Å². The van der Waals surface area contributed by atoms with Crippen LogP contribution in [0.3, 0.4) is 0 Å². The smallest absolute Gasteiger partial charge is 0.336 e. The normalized spacial score (nSPS) is 12.5. The Kier molecular flexibility index (Phi) is 6.76. The van der Waals surface area contributed by atoms with Crippen LogP contribution in [-0.2, 0) is 0 Å². The van der Waals surface area contributed by atoms with Crippen molar-refractivity contribution in [2.45, 2.75) is 47.0 Å². The molecule has 0 radical (unpaired) electrons. The molecule has 4 aromatic rings. The summed E-state index contributed by atoms with van der Waals surface area (Å²) in [5, 5.41) is 14.6. The van der Waals surface area contributed by atoms with Gasteiger partial charge in [-0.2, -0.15) is 9.78 Å². The Labute approximate surface area is 211 Å². The van der Waals surface area contributed by atoms with Gasteiger partial charge in [-0.1, -0.05) is 35.8 Å². The first-order valence-corrected chi connectivity index (χ1v) is 12.2. The number of benzene rings is 2. The molecule has 0 aliphatic heterocycles. The minimum Gasteiger partial charge on any atom is -0.478 e. The van der Waals surface area contributed by atoms with E-state index in [2.05, 4.69) is 28.0 Å². The molecular formula is C27H27BrN4O3. The predicted octanol–water partition coefficient (Wildman–Crippen LogP) is 5.97. The van der Waals surface area contributed by atoms with Gasteiger partial charge in [-0.15, -0.1) is 0 Å². The highest BCUT2D eigenvalue weighted by Gasteiger charge is 2.18. The first-order chi connectivity index (χ1) is 16.6. The highest BCUT2D eigenvalue weighted by molar-refractivity contribution is 9.10. The lowest BCUT2D eigenvalue weighted by Gasteiger charge is -2.15. The van der Waals surface area contributed by atoms with Crippen molar-refractivity contribution in [3.63, 3.8) is 0 Å². The van der Waals surface area contributed by atoms with E-state index in [1.807, 2.05) is 56.5 Å². The van der Waals surface area contributed by atoms with Crippen molar-refractivity contribution in [2.24, 2.45) is 5.10 Å². The fourth-order valence-corrected chi connectivity index (χ4v) is 4.65. The maximum Gasteiger partial charge on any atom is 0.336 e. The number of aryl methyl sites for hydroxylation is 1. The van der Waals surface area contributed by atoms with E-state index >= 15 is 0 Å². The second-order valence-corrected chi connectivity index (χ2v) is 9.63. The summed E-state index contributed by atoms with van der Waals surface area (Å²) in [6, 6.07) is 12.7. The molecule has 8 heteroatoms. The second-order valence-electron chi connectivity index (χ2n) is 8.72. The van der Waals surface area contributed by atoms with Crippen LogP contribution in [0, 0.1) is 20.8 Å². The Bertz CT molecular complexity index is 1550. The fourth-order valence-electron chi connectivity index (χ4n) is 4.29. The molecule has 0 bridgehead atoms. The number of hydrogen-bond donors (Lipinski definition) is 1. The number of nitrogens with zero attached hydrogens (tertiary/aromatic N) is 4. The molecule has 35 heavy (non-hydrogen) atoms. The maximum atomic E-state index is 13.4. The van der Waals surface area contributed by atoms with E-state index in [0.717, 1.165) is 33.5 Å². The van der Waals surface area contributed by atoms with Gasteiger partial charge in [-0.3, -0.25) is 4.79 Å². The van der Waals surface area contributed by atoms with Crippen LogP contribution in [-0.4, -0.2) is 31.5 Å². The standard InChI is InChI=1S/C27H27BrN4O3/c1-6-15(2)25-30-23-11-10-20(28)13-22(23)26(33)32(25)29-14-19-12-16(3)31(18(19)5)24-9-7-8-21(17(24)4)27(34)35/h7-15H,6H2,1-5H3,(H,34,35)/t15-/m0/s1. The number of aromatic carboxylic acids is 1. The molecule has 0 saturated heterocycles. The number of fused-ring (bicyclic) bond motifs is 1. The molecule has 2 aromatic heterocycles. The van der Waals surface area contributed by atoms with Gasteiger partial charge in [-0.05, 0) is 69.2 Å². The molecule has 0 amide bonds. The fraction of sp³-hybridized carbons (Fsp3) is 0.259. The van der Waals surface area contributed by atoms with Gasteiger partial charge >= 0.3 is 5.97 Å². The molecule has 1 N–H and O–H groups in total. The van der Waals surface area contributed by atoms with Crippen molar-refractivity contribution in [3.8, 4) is 5.69 Å². The average molecular weight is 535 g/mol. The van der Waals surface area contributed by atoms with E-state index in [4.69, 9.17) is 4.98 Å². The van der Waals surface area contributed by atoms with Gasteiger partial charge in [0.1, 0.15) is 5.82 Å². The van der Waals surface area contributed by atoms with Gasteiger partial charge in [0.2, 0.25) is 0 Å². The number of carbonyl (C=O) groups is 1. The number of carboxylic acids is 1. The molecule has 2 aromatic carbocycles. The van der Waals surface area contributed by atoms with Crippen LogP contribution >= 0.6 is 15.9 Å². The molecule has 0 spiro atoms. The molecule has 0 aliphatic rings. The highest BCUT2D eigenvalue weighted by atomic mass is 79.9. The summed E-state index contributed by atoms with van der Waals surface area (Å²) in [5.74, 6) is -0.301. The molecule has 2 heterocycles. The third-order valence-electron chi connectivity index (χ3n) is 6.45. The minimum absolute atomic E-state index is 0.0433. The van der Waals surface area contributed by atoms with Crippen LogP contribution in [0.5, 0.6) is 0 Å². The zero-order chi connectivity index (χ0) is 25.4. The molecule has 1 atom stereocenters. The Morgan fingerprint density at radius 2 is 1.94 bits per heavy atom. The van der Waals surface area contributed by atoms with Gasteiger partial charge in [0.05, 0.1) is 22.7 Å². The lowest BCUT2D eigenvalue weighted by atomic mass is 10.1. The number of rotatable bonds is 6. The van der Waals surface area contributed by atoms with Crippen molar-refractivity contribution in [2.75, 3.05) is 0 Å². The predicted molar refractivity (Wildman–Crippen MR) is 142 cm³/mol. The first-order valence-electron chi connectivity index (χ1n) is 11.4. The molecule has 180 valence electrons. The van der Waals surface area contributed by atoms with Crippen LogP contribution in [0.4, 0.5) is 0 Å². The van der Waals surface area contributed by atoms with Crippen LogP contribution in [0.2, 0.25) is 0 Å².